The highest BCUT2D eigenvalue weighted by atomic mass is 16.3. The topological polar surface area (TPSA) is 21.9 Å². The number of fused-ring (bicyclic) bond motifs is 6. The Morgan fingerprint density at radius 1 is 0.800 bits per heavy atom. The van der Waals surface area contributed by atoms with Gasteiger partial charge in [-0.05, 0) is 62.2 Å². The molecule has 0 amide bonds. The first-order valence-corrected chi connectivity index (χ1v) is 10.4. The standard InChI is InChI=1S/C27H23N2O/c1-16-9-12-23-22(15-16)20-11-10-17(2)18(3)25(20)29(23)27-26-21(13-14-28(27)4)19-7-5-6-8-24(19)30-26/h5-15H,1-4H3/q+1. The molecule has 0 aliphatic carbocycles. The van der Waals surface area contributed by atoms with Crippen molar-refractivity contribution in [3.05, 3.63) is 83.6 Å². The summed E-state index contributed by atoms with van der Waals surface area (Å²) in [6, 6.07) is 21.6. The molecule has 3 heteroatoms. The van der Waals surface area contributed by atoms with Crippen LogP contribution >= 0.6 is 0 Å². The van der Waals surface area contributed by atoms with Crippen molar-refractivity contribution in [2.75, 3.05) is 0 Å². The van der Waals surface area contributed by atoms with Crippen LogP contribution in [-0.4, -0.2) is 4.57 Å². The molecule has 0 aliphatic heterocycles. The fraction of sp³-hybridized carbons (Fsp3) is 0.148. The lowest BCUT2D eigenvalue weighted by atomic mass is 10.0. The predicted molar refractivity (Wildman–Crippen MR) is 123 cm³/mol. The first-order chi connectivity index (χ1) is 14.5. The number of furan rings is 1. The monoisotopic (exact) mass is 391 g/mol. The summed E-state index contributed by atoms with van der Waals surface area (Å²) in [5, 5.41) is 4.86. The molecule has 6 aromatic rings. The average molecular weight is 391 g/mol. The Morgan fingerprint density at radius 2 is 1.63 bits per heavy atom. The number of rotatable bonds is 1. The highest BCUT2D eigenvalue weighted by Gasteiger charge is 2.27. The van der Waals surface area contributed by atoms with Gasteiger partial charge >= 0.3 is 5.82 Å². The van der Waals surface area contributed by atoms with E-state index < -0.39 is 0 Å². The molecular weight excluding hydrogens is 368 g/mol. The first-order valence-electron chi connectivity index (χ1n) is 10.4. The van der Waals surface area contributed by atoms with E-state index >= 15 is 0 Å². The van der Waals surface area contributed by atoms with E-state index in [-0.39, 0.29) is 0 Å². The number of nitrogens with zero attached hydrogens (tertiary/aromatic N) is 2. The molecule has 0 unspecified atom stereocenters. The molecule has 3 aromatic carbocycles. The maximum atomic E-state index is 6.44. The van der Waals surface area contributed by atoms with E-state index in [1.54, 1.807) is 0 Å². The molecule has 30 heavy (non-hydrogen) atoms. The van der Waals surface area contributed by atoms with Crippen molar-refractivity contribution in [3.63, 3.8) is 0 Å². The molecule has 0 N–H and O–H groups in total. The summed E-state index contributed by atoms with van der Waals surface area (Å²) >= 11 is 0. The average Bonchev–Trinajstić information content (AvgIpc) is 3.26. The van der Waals surface area contributed by atoms with E-state index in [0.717, 1.165) is 27.8 Å². The van der Waals surface area contributed by atoms with E-state index in [2.05, 4.69) is 91.7 Å². The van der Waals surface area contributed by atoms with Gasteiger partial charge in [0, 0.05) is 21.5 Å². The Bertz CT molecular complexity index is 1630. The van der Waals surface area contributed by atoms with E-state index in [1.807, 2.05) is 12.1 Å². The van der Waals surface area contributed by atoms with E-state index in [1.165, 1.54) is 38.5 Å². The van der Waals surface area contributed by atoms with Crippen molar-refractivity contribution in [3.8, 4) is 5.82 Å². The van der Waals surface area contributed by atoms with E-state index in [0.29, 0.717) is 0 Å². The molecule has 146 valence electrons. The predicted octanol–water partition coefficient (Wildman–Crippen LogP) is 6.43. The maximum absolute atomic E-state index is 6.44. The van der Waals surface area contributed by atoms with Crippen LogP contribution < -0.4 is 4.57 Å². The van der Waals surface area contributed by atoms with Crippen LogP contribution in [0.2, 0.25) is 0 Å². The lowest BCUT2D eigenvalue weighted by Crippen LogP contribution is -2.33. The fourth-order valence-electron chi connectivity index (χ4n) is 4.78. The number of aromatic nitrogens is 2. The molecule has 0 fully saturated rings. The molecule has 6 rings (SSSR count). The maximum Gasteiger partial charge on any atom is 0.331 e. The van der Waals surface area contributed by atoms with Gasteiger partial charge < -0.3 is 4.42 Å². The quantitative estimate of drug-likeness (QED) is 0.296. The highest BCUT2D eigenvalue weighted by molar-refractivity contribution is 6.12. The van der Waals surface area contributed by atoms with Gasteiger partial charge in [-0.1, -0.05) is 35.9 Å². The molecule has 0 bridgehead atoms. The van der Waals surface area contributed by atoms with Crippen LogP contribution in [0.1, 0.15) is 16.7 Å². The van der Waals surface area contributed by atoms with Crippen LogP contribution in [-0.2, 0) is 7.05 Å². The zero-order chi connectivity index (χ0) is 20.6. The van der Waals surface area contributed by atoms with Crippen LogP contribution in [0.15, 0.2) is 71.3 Å². The Morgan fingerprint density at radius 3 is 2.50 bits per heavy atom. The Labute approximate surface area is 174 Å². The summed E-state index contributed by atoms with van der Waals surface area (Å²) in [4.78, 5) is 0. The molecule has 3 nitrogen and oxygen atoms in total. The van der Waals surface area contributed by atoms with Crippen LogP contribution in [0.4, 0.5) is 0 Å². The second-order valence-electron chi connectivity index (χ2n) is 8.35. The normalized spacial score (nSPS) is 12.0. The molecule has 0 radical (unpaired) electrons. The van der Waals surface area contributed by atoms with Gasteiger partial charge in [0.1, 0.15) is 16.6 Å². The second kappa shape index (κ2) is 5.96. The smallest absolute Gasteiger partial charge is 0.331 e. The highest BCUT2D eigenvalue weighted by Crippen LogP contribution is 2.38. The largest absolute Gasteiger partial charge is 0.447 e. The second-order valence-corrected chi connectivity index (χ2v) is 8.35. The van der Waals surface area contributed by atoms with Crippen molar-refractivity contribution in [1.29, 1.82) is 0 Å². The van der Waals surface area contributed by atoms with Crippen LogP contribution in [0.25, 0.3) is 49.6 Å². The molecule has 0 aliphatic rings. The Balaban J connectivity index is 1.89. The molecular formula is C27H23N2O+. The minimum atomic E-state index is 0.918. The fourth-order valence-corrected chi connectivity index (χ4v) is 4.78. The van der Waals surface area contributed by atoms with Crippen molar-refractivity contribution >= 4 is 43.7 Å². The van der Waals surface area contributed by atoms with Crippen molar-refractivity contribution in [2.24, 2.45) is 7.05 Å². The van der Waals surface area contributed by atoms with Gasteiger partial charge in [-0.2, -0.15) is 4.57 Å². The first kappa shape index (κ1) is 17.3. The third-order valence-electron chi connectivity index (χ3n) is 6.46. The van der Waals surface area contributed by atoms with Crippen molar-refractivity contribution in [2.45, 2.75) is 20.8 Å². The Kier molecular flexibility index (Phi) is 3.43. The van der Waals surface area contributed by atoms with Crippen LogP contribution in [0.3, 0.4) is 0 Å². The van der Waals surface area contributed by atoms with Gasteiger partial charge in [-0.25, -0.2) is 4.57 Å². The molecule has 0 atom stereocenters. The van der Waals surface area contributed by atoms with Crippen LogP contribution in [0.5, 0.6) is 0 Å². The number of benzene rings is 3. The van der Waals surface area contributed by atoms with Gasteiger partial charge in [0.25, 0.3) is 0 Å². The van der Waals surface area contributed by atoms with Crippen LogP contribution in [0, 0.1) is 20.8 Å². The number of hydrogen-bond acceptors (Lipinski definition) is 1. The van der Waals surface area contributed by atoms with Gasteiger partial charge in [0.2, 0.25) is 5.58 Å². The van der Waals surface area contributed by atoms with Crippen molar-refractivity contribution in [1.82, 2.24) is 4.57 Å². The third-order valence-corrected chi connectivity index (χ3v) is 6.46. The third kappa shape index (κ3) is 2.18. The zero-order valence-electron chi connectivity index (χ0n) is 17.7. The van der Waals surface area contributed by atoms with Crippen molar-refractivity contribution < 1.29 is 8.98 Å². The summed E-state index contributed by atoms with van der Waals surface area (Å²) in [5.41, 5.74) is 8.15. The molecule has 3 aromatic heterocycles. The SMILES string of the molecule is Cc1ccc2c(c1)c1ccc(C)c(C)c1n2-c1c2oc3ccccc3c2cc[n+]1C. The minimum absolute atomic E-state index is 0.918. The molecule has 0 saturated heterocycles. The zero-order valence-corrected chi connectivity index (χ0v) is 17.7. The lowest BCUT2D eigenvalue weighted by Gasteiger charge is -2.07. The summed E-state index contributed by atoms with van der Waals surface area (Å²) in [7, 11) is 2.10. The lowest BCUT2D eigenvalue weighted by molar-refractivity contribution is -0.664. The van der Waals surface area contributed by atoms with Gasteiger partial charge in [0.05, 0.1) is 13.2 Å². The summed E-state index contributed by atoms with van der Waals surface area (Å²) in [6.07, 6.45) is 2.14. The van der Waals surface area contributed by atoms with E-state index in [9.17, 15) is 0 Å². The number of hydrogen-bond donors (Lipinski definition) is 0. The number of pyridine rings is 1. The van der Waals surface area contributed by atoms with Gasteiger partial charge in [-0.15, -0.1) is 0 Å². The Hall–Kier alpha value is -3.59. The number of para-hydroxylation sites is 1. The molecule has 0 saturated carbocycles. The minimum Gasteiger partial charge on any atom is -0.447 e. The summed E-state index contributed by atoms with van der Waals surface area (Å²) < 4.78 is 11.0. The number of aryl methyl sites for hydroxylation is 4. The summed E-state index contributed by atoms with van der Waals surface area (Å²) in [5.74, 6) is 1.06. The molecule has 3 heterocycles. The van der Waals surface area contributed by atoms with E-state index in [4.69, 9.17) is 4.42 Å². The van der Waals surface area contributed by atoms with Gasteiger partial charge in [0.15, 0.2) is 0 Å². The van der Waals surface area contributed by atoms with Gasteiger partial charge in [-0.3, -0.25) is 0 Å². The summed E-state index contributed by atoms with van der Waals surface area (Å²) in [6.45, 7) is 6.56. The molecule has 0 spiro atoms.